The molecular weight excluding hydrogens is 330 g/mol. The van der Waals surface area contributed by atoms with E-state index < -0.39 is 0 Å². The number of carbonyl (C=O) groups is 1. The highest BCUT2D eigenvalue weighted by molar-refractivity contribution is 5.91. The molecule has 128 valence electrons. The van der Waals surface area contributed by atoms with Crippen molar-refractivity contribution in [1.29, 1.82) is 0 Å². The molecule has 0 saturated carbocycles. The highest BCUT2D eigenvalue weighted by Gasteiger charge is 2.07. The Hall–Kier alpha value is -3.74. The maximum atomic E-state index is 12.0. The van der Waals surface area contributed by atoms with Crippen LogP contribution in [0.1, 0.15) is 16.1 Å². The molecule has 7 nitrogen and oxygen atoms in total. The van der Waals surface area contributed by atoms with Crippen molar-refractivity contribution in [2.45, 2.75) is 6.54 Å². The molecule has 2 aromatic heterocycles. The van der Waals surface area contributed by atoms with E-state index >= 15 is 0 Å². The van der Waals surface area contributed by atoms with Crippen molar-refractivity contribution >= 4 is 16.9 Å². The van der Waals surface area contributed by atoms with Crippen LogP contribution in [0.15, 0.2) is 71.8 Å². The largest absolute Gasteiger partial charge is 0.347 e. The molecule has 0 aliphatic carbocycles. The number of hydrogen-bond acceptors (Lipinski definition) is 4. The van der Waals surface area contributed by atoms with Gasteiger partial charge >= 0.3 is 0 Å². The van der Waals surface area contributed by atoms with E-state index in [1.54, 1.807) is 6.33 Å². The third-order valence-electron chi connectivity index (χ3n) is 4.03. The van der Waals surface area contributed by atoms with Crippen LogP contribution in [0.3, 0.4) is 0 Å². The van der Waals surface area contributed by atoms with Crippen LogP contribution in [0.25, 0.3) is 16.7 Å². The predicted octanol–water partition coefficient (Wildman–Crippen LogP) is 2.04. The van der Waals surface area contributed by atoms with Crippen molar-refractivity contribution in [2.75, 3.05) is 0 Å². The Morgan fingerprint density at radius 2 is 1.85 bits per heavy atom. The lowest BCUT2D eigenvalue weighted by molar-refractivity contribution is 0.0945. The summed E-state index contributed by atoms with van der Waals surface area (Å²) in [7, 11) is 0. The summed E-state index contributed by atoms with van der Waals surface area (Å²) in [5.41, 5.74) is 3.76. The Labute approximate surface area is 148 Å². The van der Waals surface area contributed by atoms with E-state index in [0.29, 0.717) is 6.54 Å². The Kier molecular flexibility index (Phi) is 4.03. The van der Waals surface area contributed by atoms with E-state index in [9.17, 15) is 9.59 Å². The molecule has 2 aromatic carbocycles. The zero-order chi connectivity index (χ0) is 17.9. The first-order chi connectivity index (χ1) is 12.7. The molecule has 0 radical (unpaired) electrons. The van der Waals surface area contributed by atoms with E-state index in [0.717, 1.165) is 22.3 Å². The van der Waals surface area contributed by atoms with Crippen LogP contribution in [0.2, 0.25) is 0 Å². The molecule has 0 spiro atoms. The van der Waals surface area contributed by atoms with Crippen LogP contribution in [-0.4, -0.2) is 25.7 Å². The average molecular weight is 345 g/mol. The number of carbonyl (C=O) groups excluding carboxylic acids is 1. The zero-order valence-corrected chi connectivity index (χ0v) is 13.7. The summed E-state index contributed by atoms with van der Waals surface area (Å²) in [6, 6.07) is 18.5. The summed E-state index contributed by atoms with van der Waals surface area (Å²) in [6.45, 7) is 0.366. The van der Waals surface area contributed by atoms with Gasteiger partial charge in [0, 0.05) is 18.3 Å². The normalized spacial score (nSPS) is 10.8. The lowest BCUT2D eigenvalue weighted by Crippen LogP contribution is -2.25. The molecule has 2 N–H and O–H groups in total. The second kappa shape index (κ2) is 6.64. The Morgan fingerprint density at radius 3 is 2.62 bits per heavy atom. The number of fused-ring (bicyclic) bond motifs is 1. The molecule has 26 heavy (non-hydrogen) atoms. The lowest BCUT2D eigenvalue weighted by Gasteiger charge is -2.07. The van der Waals surface area contributed by atoms with E-state index in [-0.39, 0.29) is 17.2 Å². The Bertz CT molecular complexity index is 1110. The van der Waals surface area contributed by atoms with E-state index in [1.807, 2.05) is 53.1 Å². The van der Waals surface area contributed by atoms with Crippen LogP contribution >= 0.6 is 0 Å². The van der Waals surface area contributed by atoms with Crippen molar-refractivity contribution in [3.8, 4) is 5.69 Å². The van der Waals surface area contributed by atoms with E-state index in [2.05, 4.69) is 20.5 Å². The number of aromatic amines is 1. The fourth-order valence-electron chi connectivity index (χ4n) is 2.68. The van der Waals surface area contributed by atoms with Gasteiger partial charge in [0.15, 0.2) is 0 Å². The molecule has 4 aromatic rings. The van der Waals surface area contributed by atoms with E-state index in [4.69, 9.17) is 0 Å². The molecule has 0 aliphatic rings. The zero-order valence-electron chi connectivity index (χ0n) is 13.7. The number of amides is 1. The molecule has 0 unspecified atom stereocenters. The number of hydrogen-bond donors (Lipinski definition) is 2. The summed E-state index contributed by atoms with van der Waals surface area (Å²) in [5.74, 6) is -0.342. The molecule has 0 bridgehead atoms. The SMILES string of the molecule is O=C(NCc1ccc(-n2cnc3ccccc32)cc1)c1ccc(=O)[nH]n1. The smallest absolute Gasteiger partial charge is 0.271 e. The van der Waals surface area contributed by atoms with Crippen LogP contribution < -0.4 is 10.9 Å². The van der Waals surface area contributed by atoms with Crippen LogP contribution in [-0.2, 0) is 6.54 Å². The minimum Gasteiger partial charge on any atom is -0.347 e. The Balaban J connectivity index is 1.47. The molecule has 0 atom stereocenters. The Morgan fingerprint density at radius 1 is 1.04 bits per heavy atom. The second-order valence-electron chi connectivity index (χ2n) is 5.76. The van der Waals surface area contributed by atoms with Gasteiger partial charge in [0.05, 0.1) is 11.0 Å². The second-order valence-corrected chi connectivity index (χ2v) is 5.76. The third kappa shape index (κ3) is 3.10. The number of nitrogens with one attached hydrogen (secondary N) is 2. The molecular formula is C19H15N5O2. The summed E-state index contributed by atoms with van der Waals surface area (Å²) in [5, 5.41) is 8.72. The fourth-order valence-corrected chi connectivity index (χ4v) is 2.68. The molecule has 0 aliphatic heterocycles. The number of nitrogens with zero attached hydrogens (tertiary/aromatic N) is 3. The minimum atomic E-state index is -0.343. The number of imidazole rings is 1. The first kappa shape index (κ1) is 15.8. The maximum Gasteiger partial charge on any atom is 0.271 e. The number of para-hydroxylation sites is 2. The number of H-pyrrole nitrogens is 1. The number of benzene rings is 2. The first-order valence-electron chi connectivity index (χ1n) is 8.06. The van der Waals surface area contributed by atoms with Crippen molar-refractivity contribution in [2.24, 2.45) is 0 Å². The standard InChI is InChI=1S/C19H15N5O2/c25-18-10-9-16(22-23-18)19(26)20-11-13-5-7-14(8-6-13)24-12-21-15-3-1-2-4-17(15)24/h1-10,12H,11H2,(H,20,26)(H,23,25). The predicted molar refractivity (Wildman–Crippen MR) is 97.1 cm³/mol. The van der Waals surface area contributed by atoms with Gasteiger partial charge in [-0.2, -0.15) is 5.10 Å². The van der Waals surface area contributed by atoms with Gasteiger partial charge < -0.3 is 5.32 Å². The molecule has 1 amide bonds. The highest BCUT2D eigenvalue weighted by Crippen LogP contribution is 2.18. The topological polar surface area (TPSA) is 92.7 Å². The number of rotatable bonds is 4. The van der Waals surface area contributed by atoms with E-state index in [1.165, 1.54) is 12.1 Å². The average Bonchev–Trinajstić information content (AvgIpc) is 3.11. The fraction of sp³-hybridized carbons (Fsp3) is 0.0526. The summed E-state index contributed by atoms with van der Waals surface area (Å²) in [4.78, 5) is 27.4. The van der Waals surface area contributed by atoms with Crippen molar-refractivity contribution in [1.82, 2.24) is 25.1 Å². The highest BCUT2D eigenvalue weighted by atomic mass is 16.2. The van der Waals surface area contributed by atoms with Gasteiger partial charge in [0.25, 0.3) is 11.5 Å². The molecule has 0 fully saturated rings. The van der Waals surface area contributed by atoms with Crippen LogP contribution in [0.5, 0.6) is 0 Å². The first-order valence-corrected chi connectivity index (χ1v) is 8.06. The molecule has 4 rings (SSSR count). The summed E-state index contributed by atoms with van der Waals surface area (Å²) < 4.78 is 2.02. The minimum absolute atomic E-state index is 0.172. The van der Waals surface area contributed by atoms with Crippen LogP contribution in [0.4, 0.5) is 0 Å². The van der Waals surface area contributed by atoms with Crippen LogP contribution in [0, 0.1) is 0 Å². The van der Waals surface area contributed by atoms with Gasteiger partial charge in [0.2, 0.25) is 0 Å². The molecule has 2 heterocycles. The molecule has 0 saturated heterocycles. The third-order valence-corrected chi connectivity index (χ3v) is 4.03. The van der Waals surface area contributed by atoms with Gasteiger partial charge in [-0.1, -0.05) is 24.3 Å². The van der Waals surface area contributed by atoms with Gasteiger partial charge in [-0.15, -0.1) is 0 Å². The van der Waals surface area contributed by atoms with Gasteiger partial charge in [-0.25, -0.2) is 10.1 Å². The number of aromatic nitrogens is 4. The van der Waals surface area contributed by atoms with Crippen molar-refractivity contribution in [3.63, 3.8) is 0 Å². The van der Waals surface area contributed by atoms with Crippen molar-refractivity contribution in [3.05, 3.63) is 88.6 Å². The maximum absolute atomic E-state index is 12.0. The lowest BCUT2D eigenvalue weighted by atomic mass is 10.2. The molecule has 7 heteroatoms. The van der Waals surface area contributed by atoms with Crippen molar-refractivity contribution < 1.29 is 4.79 Å². The van der Waals surface area contributed by atoms with Gasteiger partial charge in [-0.05, 0) is 35.9 Å². The summed E-state index contributed by atoms with van der Waals surface area (Å²) in [6.07, 6.45) is 1.79. The summed E-state index contributed by atoms with van der Waals surface area (Å²) >= 11 is 0. The van der Waals surface area contributed by atoms with Gasteiger partial charge in [-0.3, -0.25) is 14.2 Å². The van der Waals surface area contributed by atoms with Gasteiger partial charge in [0.1, 0.15) is 12.0 Å². The monoisotopic (exact) mass is 345 g/mol. The quantitative estimate of drug-likeness (QED) is 0.592.